The molecule has 2 aromatic rings. The van der Waals surface area contributed by atoms with Gasteiger partial charge in [-0.25, -0.2) is 0 Å². The van der Waals surface area contributed by atoms with Gasteiger partial charge in [0.1, 0.15) is 5.75 Å². The maximum absolute atomic E-state index is 11.8. The topological polar surface area (TPSA) is 50.4 Å². The van der Waals surface area contributed by atoms with E-state index in [0.717, 1.165) is 12.8 Å². The second-order valence-electron chi connectivity index (χ2n) is 5.33. The van der Waals surface area contributed by atoms with E-state index in [1.54, 1.807) is 0 Å². The van der Waals surface area contributed by atoms with Crippen LogP contribution in [-0.4, -0.2) is 24.2 Å². The van der Waals surface area contributed by atoms with Crippen molar-refractivity contribution in [3.05, 3.63) is 65.7 Å². The van der Waals surface area contributed by atoms with Gasteiger partial charge in [0.05, 0.1) is 0 Å². The van der Waals surface area contributed by atoms with Gasteiger partial charge < -0.3 is 15.4 Å². The highest BCUT2D eigenvalue weighted by atomic mass is 32.1. The Morgan fingerprint density at radius 3 is 2.42 bits per heavy atom. The maximum atomic E-state index is 11.8. The van der Waals surface area contributed by atoms with Crippen LogP contribution in [0.4, 0.5) is 0 Å². The average molecular weight is 342 g/mol. The Kier molecular flexibility index (Phi) is 7.23. The Labute approximate surface area is 148 Å². The van der Waals surface area contributed by atoms with Crippen molar-refractivity contribution >= 4 is 23.2 Å². The summed E-state index contributed by atoms with van der Waals surface area (Å²) < 4.78 is 5.44. The Bertz CT molecular complexity index is 657. The number of carbonyl (C=O) groups is 1. The lowest BCUT2D eigenvalue weighted by Crippen LogP contribution is -2.42. The first-order valence-electron chi connectivity index (χ1n) is 8.00. The van der Waals surface area contributed by atoms with E-state index in [1.165, 1.54) is 11.1 Å². The van der Waals surface area contributed by atoms with E-state index in [9.17, 15) is 4.79 Å². The molecule has 2 aromatic carbocycles. The highest BCUT2D eigenvalue weighted by molar-refractivity contribution is 7.80. The Morgan fingerprint density at radius 2 is 1.75 bits per heavy atom. The zero-order valence-electron chi connectivity index (χ0n) is 13.7. The van der Waals surface area contributed by atoms with E-state index < -0.39 is 0 Å². The van der Waals surface area contributed by atoms with E-state index >= 15 is 0 Å². The summed E-state index contributed by atoms with van der Waals surface area (Å²) in [6.07, 6.45) is 1.82. The van der Waals surface area contributed by atoms with Gasteiger partial charge in [-0.3, -0.25) is 4.79 Å². The number of ether oxygens (including phenoxy) is 1. The van der Waals surface area contributed by atoms with Crippen LogP contribution in [0.5, 0.6) is 5.75 Å². The van der Waals surface area contributed by atoms with Crippen molar-refractivity contribution in [2.45, 2.75) is 19.8 Å². The summed E-state index contributed by atoms with van der Waals surface area (Å²) in [6, 6.07) is 17.8. The molecule has 0 unspecified atom stereocenters. The molecule has 0 aliphatic carbocycles. The fourth-order valence-corrected chi connectivity index (χ4v) is 2.36. The summed E-state index contributed by atoms with van der Waals surface area (Å²) in [5.41, 5.74) is 2.45. The number of hydrogen-bond acceptors (Lipinski definition) is 3. The summed E-state index contributed by atoms with van der Waals surface area (Å²) in [6.45, 7) is 2.70. The van der Waals surface area contributed by atoms with Gasteiger partial charge >= 0.3 is 0 Å². The minimum Gasteiger partial charge on any atom is -0.484 e. The number of aryl methyl sites for hydroxylation is 1. The molecule has 0 aromatic heterocycles. The van der Waals surface area contributed by atoms with Crippen molar-refractivity contribution in [2.24, 2.45) is 0 Å². The molecular formula is C19H22N2O2S. The van der Waals surface area contributed by atoms with Crippen LogP contribution in [0.1, 0.15) is 18.1 Å². The second kappa shape index (κ2) is 9.67. The first kappa shape index (κ1) is 17.9. The molecule has 2 N–H and O–H groups in total. The second-order valence-corrected chi connectivity index (χ2v) is 5.73. The fourth-order valence-electron chi connectivity index (χ4n) is 2.14. The number of nitrogens with one attached hydrogen (secondary N) is 2. The third-order valence-electron chi connectivity index (χ3n) is 3.50. The van der Waals surface area contributed by atoms with Crippen molar-refractivity contribution < 1.29 is 9.53 Å². The molecule has 5 heteroatoms. The van der Waals surface area contributed by atoms with Crippen LogP contribution in [0.2, 0.25) is 0 Å². The lowest BCUT2D eigenvalue weighted by atomic mass is 10.1. The summed E-state index contributed by atoms with van der Waals surface area (Å²) in [7, 11) is 0. The molecule has 0 aliphatic heterocycles. The molecule has 0 aliphatic rings. The zero-order chi connectivity index (χ0) is 17.2. The number of rotatable bonds is 7. The van der Waals surface area contributed by atoms with Gasteiger partial charge in [0, 0.05) is 6.54 Å². The number of benzene rings is 2. The molecular weight excluding hydrogens is 320 g/mol. The third-order valence-corrected chi connectivity index (χ3v) is 3.74. The molecule has 0 radical (unpaired) electrons. The molecule has 0 saturated carbocycles. The number of carbonyl (C=O) groups excluding carboxylic acids is 1. The highest BCUT2D eigenvalue weighted by Crippen LogP contribution is 2.12. The summed E-state index contributed by atoms with van der Waals surface area (Å²) >= 11 is 5.11. The highest BCUT2D eigenvalue weighted by Gasteiger charge is 2.05. The van der Waals surface area contributed by atoms with Gasteiger partial charge in [-0.1, -0.05) is 49.4 Å². The Morgan fingerprint density at radius 1 is 1.04 bits per heavy atom. The van der Waals surface area contributed by atoms with Crippen molar-refractivity contribution in [3.63, 3.8) is 0 Å². The number of hydrogen-bond donors (Lipinski definition) is 2. The molecule has 0 fully saturated rings. The summed E-state index contributed by atoms with van der Waals surface area (Å²) in [4.78, 5) is 11.8. The SMILES string of the molecule is CCc1ccc(OCC(=O)NC(=S)NCCc2ccccc2)cc1. The van der Waals surface area contributed by atoms with E-state index in [4.69, 9.17) is 17.0 Å². The minimum absolute atomic E-state index is 0.0635. The van der Waals surface area contributed by atoms with Gasteiger partial charge in [0.2, 0.25) is 0 Å². The third kappa shape index (κ3) is 6.38. The van der Waals surface area contributed by atoms with E-state index in [2.05, 4.69) is 29.7 Å². The predicted octanol–water partition coefficient (Wildman–Crippen LogP) is 2.86. The molecule has 0 atom stereocenters. The normalized spacial score (nSPS) is 10.0. The Hall–Kier alpha value is -2.40. The number of thiocarbonyl (C=S) groups is 1. The van der Waals surface area contributed by atoms with Crippen LogP contribution in [-0.2, 0) is 17.6 Å². The lowest BCUT2D eigenvalue weighted by molar-refractivity contribution is -0.121. The predicted molar refractivity (Wildman–Crippen MR) is 100 cm³/mol. The van der Waals surface area contributed by atoms with E-state index in [0.29, 0.717) is 17.4 Å². The molecule has 0 saturated heterocycles. The fraction of sp³-hybridized carbons (Fsp3) is 0.263. The van der Waals surface area contributed by atoms with Gasteiger partial charge in [0.25, 0.3) is 5.91 Å². The summed E-state index contributed by atoms with van der Waals surface area (Å²) in [5.74, 6) is 0.400. The molecule has 2 rings (SSSR count). The quantitative estimate of drug-likeness (QED) is 0.760. The van der Waals surface area contributed by atoms with Crippen molar-refractivity contribution in [1.82, 2.24) is 10.6 Å². The zero-order valence-corrected chi connectivity index (χ0v) is 14.6. The standard InChI is InChI=1S/C19H22N2O2S/c1-2-15-8-10-17(11-9-15)23-14-18(22)21-19(24)20-13-12-16-6-4-3-5-7-16/h3-11H,2,12-14H2,1H3,(H2,20,21,22,24). The maximum Gasteiger partial charge on any atom is 0.264 e. The van der Waals surface area contributed by atoms with Crippen molar-refractivity contribution in [3.8, 4) is 5.75 Å². The molecule has 0 spiro atoms. The Balaban J connectivity index is 1.64. The van der Waals surface area contributed by atoms with Crippen LogP contribution < -0.4 is 15.4 Å². The van der Waals surface area contributed by atoms with Crippen molar-refractivity contribution in [1.29, 1.82) is 0 Å². The van der Waals surface area contributed by atoms with Crippen LogP contribution in [0.25, 0.3) is 0 Å². The van der Waals surface area contributed by atoms with Gasteiger partial charge in [-0.2, -0.15) is 0 Å². The lowest BCUT2D eigenvalue weighted by Gasteiger charge is -2.10. The first-order chi connectivity index (χ1) is 11.7. The van der Waals surface area contributed by atoms with Gasteiger partial charge in [0.15, 0.2) is 11.7 Å². The molecule has 24 heavy (non-hydrogen) atoms. The molecule has 4 nitrogen and oxygen atoms in total. The monoisotopic (exact) mass is 342 g/mol. The van der Waals surface area contributed by atoms with Crippen LogP contribution >= 0.6 is 12.2 Å². The van der Waals surface area contributed by atoms with E-state index in [1.807, 2.05) is 42.5 Å². The van der Waals surface area contributed by atoms with Gasteiger partial charge in [-0.15, -0.1) is 0 Å². The van der Waals surface area contributed by atoms with Crippen molar-refractivity contribution in [2.75, 3.05) is 13.2 Å². The number of amides is 1. The minimum atomic E-state index is -0.272. The largest absolute Gasteiger partial charge is 0.484 e. The molecule has 126 valence electrons. The van der Waals surface area contributed by atoms with Crippen LogP contribution in [0.3, 0.4) is 0 Å². The van der Waals surface area contributed by atoms with Crippen LogP contribution in [0, 0.1) is 0 Å². The smallest absolute Gasteiger partial charge is 0.264 e. The average Bonchev–Trinajstić information content (AvgIpc) is 2.61. The molecule has 0 heterocycles. The summed E-state index contributed by atoms with van der Waals surface area (Å²) in [5, 5.41) is 5.95. The first-order valence-corrected chi connectivity index (χ1v) is 8.41. The molecule has 0 bridgehead atoms. The molecule has 1 amide bonds. The van der Waals surface area contributed by atoms with Gasteiger partial charge in [-0.05, 0) is 48.3 Å². The van der Waals surface area contributed by atoms with E-state index in [-0.39, 0.29) is 12.5 Å². The van der Waals surface area contributed by atoms with Crippen LogP contribution in [0.15, 0.2) is 54.6 Å².